The van der Waals surface area contributed by atoms with Crippen molar-refractivity contribution in [2.24, 2.45) is 5.92 Å². The molecule has 2 rings (SSSR count). The maximum Gasteiger partial charge on any atom is 0.295 e. The van der Waals surface area contributed by atoms with E-state index in [2.05, 4.69) is 5.32 Å². The molecule has 1 fully saturated rings. The quantitative estimate of drug-likeness (QED) is 0.443. The predicted octanol–water partition coefficient (Wildman–Crippen LogP) is 1.60. The number of nitrogens with zero attached hydrogens (tertiary/aromatic N) is 1. The molecule has 4 N–H and O–H groups in total. The van der Waals surface area contributed by atoms with E-state index in [1.54, 1.807) is 0 Å². The van der Waals surface area contributed by atoms with Crippen LogP contribution in [0.25, 0.3) is 0 Å². The molecule has 22 heavy (non-hydrogen) atoms. The minimum absolute atomic E-state index is 0.137. The van der Waals surface area contributed by atoms with Crippen LogP contribution in [0.4, 0.5) is 15.8 Å². The number of nitro benzene ring substituents is 1. The van der Waals surface area contributed by atoms with E-state index in [1.165, 1.54) is 0 Å². The Kier molecular flexibility index (Phi) is 4.92. The first-order chi connectivity index (χ1) is 10.4. The van der Waals surface area contributed by atoms with Crippen molar-refractivity contribution < 1.29 is 19.2 Å². The molecule has 1 aromatic carbocycles. The summed E-state index contributed by atoms with van der Waals surface area (Å²) >= 11 is 0. The fraction of sp³-hybridized carbons (Fsp3) is 0.500. The molecule has 1 aliphatic carbocycles. The van der Waals surface area contributed by atoms with Crippen LogP contribution in [0.1, 0.15) is 36.0 Å². The van der Waals surface area contributed by atoms with Gasteiger partial charge in [-0.05, 0) is 31.2 Å². The van der Waals surface area contributed by atoms with Crippen LogP contribution < -0.4 is 11.1 Å². The minimum Gasteiger partial charge on any atom is -0.393 e. The van der Waals surface area contributed by atoms with Gasteiger partial charge in [0.05, 0.1) is 22.7 Å². The van der Waals surface area contributed by atoms with Crippen molar-refractivity contribution in [2.45, 2.75) is 31.8 Å². The van der Waals surface area contributed by atoms with E-state index in [0.29, 0.717) is 19.0 Å². The van der Waals surface area contributed by atoms with Crippen LogP contribution in [0.15, 0.2) is 12.1 Å². The van der Waals surface area contributed by atoms with Crippen molar-refractivity contribution in [2.75, 3.05) is 12.3 Å². The summed E-state index contributed by atoms with van der Waals surface area (Å²) in [7, 11) is 0. The molecule has 120 valence electrons. The third kappa shape index (κ3) is 3.70. The van der Waals surface area contributed by atoms with E-state index in [-0.39, 0.29) is 23.3 Å². The second-order valence-corrected chi connectivity index (χ2v) is 5.54. The van der Waals surface area contributed by atoms with Gasteiger partial charge in [0.25, 0.3) is 11.6 Å². The largest absolute Gasteiger partial charge is 0.393 e. The number of nitro groups is 1. The Balaban J connectivity index is 2.08. The summed E-state index contributed by atoms with van der Waals surface area (Å²) in [5, 5.41) is 23.0. The number of carbonyl (C=O) groups is 1. The predicted molar refractivity (Wildman–Crippen MR) is 77.8 cm³/mol. The molecule has 0 radical (unpaired) electrons. The Morgan fingerprint density at radius 2 is 2.23 bits per heavy atom. The van der Waals surface area contributed by atoms with Crippen LogP contribution in [-0.4, -0.2) is 28.6 Å². The number of halogens is 1. The molecule has 2 atom stereocenters. The molecule has 1 aliphatic rings. The van der Waals surface area contributed by atoms with E-state index in [1.807, 2.05) is 0 Å². The molecular formula is C14H18FN3O4. The Bertz CT molecular complexity index is 594. The highest BCUT2D eigenvalue weighted by molar-refractivity contribution is 6.01. The molecule has 1 saturated carbocycles. The molecule has 0 spiro atoms. The number of hydrogen-bond acceptors (Lipinski definition) is 5. The van der Waals surface area contributed by atoms with Gasteiger partial charge < -0.3 is 16.2 Å². The van der Waals surface area contributed by atoms with Crippen LogP contribution in [-0.2, 0) is 0 Å². The first-order valence-electron chi connectivity index (χ1n) is 7.08. The monoisotopic (exact) mass is 311 g/mol. The third-order valence-corrected chi connectivity index (χ3v) is 3.87. The first kappa shape index (κ1) is 16.2. The number of carbonyl (C=O) groups excluding carboxylic acids is 1. The van der Waals surface area contributed by atoms with E-state index >= 15 is 0 Å². The van der Waals surface area contributed by atoms with Crippen LogP contribution in [0.3, 0.4) is 0 Å². The Morgan fingerprint density at radius 1 is 1.50 bits per heavy atom. The molecule has 2 unspecified atom stereocenters. The molecule has 8 heteroatoms. The minimum atomic E-state index is -0.890. The van der Waals surface area contributed by atoms with Gasteiger partial charge in [-0.2, -0.15) is 0 Å². The lowest BCUT2D eigenvalue weighted by Gasteiger charge is -2.25. The van der Waals surface area contributed by atoms with Gasteiger partial charge in [0, 0.05) is 6.54 Å². The second kappa shape index (κ2) is 6.69. The fourth-order valence-electron chi connectivity index (χ4n) is 2.72. The average molecular weight is 311 g/mol. The average Bonchev–Trinajstić information content (AvgIpc) is 2.46. The lowest BCUT2D eigenvalue weighted by atomic mass is 9.87. The number of aliphatic hydroxyl groups excluding tert-OH is 1. The topological polar surface area (TPSA) is 118 Å². The van der Waals surface area contributed by atoms with Crippen molar-refractivity contribution in [3.8, 4) is 0 Å². The van der Waals surface area contributed by atoms with Crippen LogP contribution in [0.2, 0.25) is 0 Å². The van der Waals surface area contributed by atoms with E-state index in [4.69, 9.17) is 5.73 Å². The number of nitrogens with two attached hydrogens (primary N) is 1. The molecule has 0 heterocycles. The summed E-state index contributed by atoms with van der Waals surface area (Å²) in [4.78, 5) is 22.0. The highest BCUT2D eigenvalue weighted by Gasteiger charge is 2.24. The third-order valence-electron chi connectivity index (χ3n) is 3.87. The van der Waals surface area contributed by atoms with Gasteiger partial charge in [-0.15, -0.1) is 0 Å². The smallest absolute Gasteiger partial charge is 0.295 e. The molecule has 0 aromatic heterocycles. The molecular weight excluding hydrogens is 293 g/mol. The zero-order valence-corrected chi connectivity index (χ0v) is 11.9. The fourth-order valence-corrected chi connectivity index (χ4v) is 2.72. The molecule has 7 nitrogen and oxygen atoms in total. The first-order valence-corrected chi connectivity index (χ1v) is 7.08. The van der Waals surface area contributed by atoms with Gasteiger partial charge >= 0.3 is 0 Å². The van der Waals surface area contributed by atoms with Gasteiger partial charge in [-0.25, -0.2) is 4.39 Å². The van der Waals surface area contributed by atoms with E-state index in [0.717, 1.165) is 25.3 Å². The second-order valence-electron chi connectivity index (χ2n) is 5.54. The normalized spacial score (nSPS) is 21.4. The van der Waals surface area contributed by atoms with Crippen molar-refractivity contribution in [1.82, 2.24) is 5.32 Å². The van der Waals surface area contributed by atoms with Crippen LogP contribution in [0.5, 0.6) is 0 Å². The van der Waals surface area contributed by atoms with E-state index < -0.39 is 22.3 Å². The highest BCUT2D eigenvalue weighted by atomic mass is 19.1. The zero-order chi connectivity index (χ0) is 16.3. The van der Waals surface area contributed by atoms with Gasteiger partial charge in [-0.1, -0.05) is 6.42 Å². The summed E-state index contributed by atoms with van der Waals surface area (Å²) in [6.45, 7) is 0.319. The number of amides is 1. The number of anilines is 1. The summed E-state index contributed by atoms with van der Waals surface area (Å²) in [6.07, 6.45) is 2.76. The number of hydrogen-bond donors (Lipinski definition) is 3. The van der Waals surface area contributed by atoms with Gasteiger partial charge in [0.15, 0.2) is 0 Å². The van der Waals surface area contributed by atoms with Crippen molar-refractivity contribution >= 4 is 17.3 Å². The number of benzene rings is 1. The Morgan fingerprint density at radius 3 is 2.86 bits per heavy atom. The summed E-state index contributed by atoms with van der Waals surface area (Å²) in [5.41, 5.74) is 4.35. The van der Waals surface area contributed by atoms with Gasteiger partial charge in [0.1, 0.15) is 11.5 Å². The molecule has 1 amide bonds. The Hall–Kier alpha value is -2.22. The maximum atomic E-state index is 13.4. The van der Waals surface area contributed by atoms with Gasteiger partial charge in [-0.3, -0.25) is 14.9 Å². The standard InChI is InChI=1S/C14H18FN3O4/c15-9-5-11(13(16)12(6-9)18(21)22)14(20)17-7-8-2-1-3-10(19)4-8/h5-6,8,10,19H,1-4,7,16H2,(H,17,20). The Labute approximate surface area is 126 Å². The lowest BCUT2D eigenvalue weighted by Crippen LogP contribution is -2.33. The van der Waals surface area contributed by atoms with Crippen molar-refractivity contribution in [3.63, 3.8) is 0 Å². The van der Waals surface area contributed by atoms with Crippen LogP contribution in [0, 0.1) is 21.8 Å². The summed E-state index contributed by atoms with van der Waals surface area (Å²) in [6, 6.07) is 1.57. The molecule has 1 aromatic rings. The summed E-state index contributed by atoms with van der Waals surface area (Å²) in [5.74, 6) is -1.41. The maximum absolute atomic E-state index is 13.4. The SMILES string of the molecule is Nc1c(C(=O)NCC2CCCC(O)C2)cc(F)cc1[N+](=O)[O-]. The molecule has 0 saturated heterocycles. The van der Waals surface area contributed by atoms with Crippen LogP contribution >= 0.6 is 0 Å². The zero-order valence-electron chi connectivity index (χ0n) is 11.9. The van der Waals surface area contributed by atoms with Crippen molar-refractivity contribution in [1.29, 1.82) is 0 Å². The molecule has 0 aliphatic heterocycles. The van der Waals surface area contributed by atoms with Crippen molar-refractivity contribution in [3.05, 3.63) is 33.6 Å². The van der Waals surface area contributed by atoms with Gasteiger partial charge in [0.2, 0.25) is 0 Å². The summed E-state index contributed by atoms with van der Waals surface area (Å²) < 4.78 is 13.4. The lowest BCUT2D eigenvalue weighted by molar-refractivity contribution is -0.384. The van der Waals surface area contributed by atoms with E-state index in [9.17, 15) is 24.4 Å². The number of aliphatic hydroxyl groups is 1. The number of rotatable bonds is 4. The highest BCUT2D eigenvalue weighted by Crippen LogP contribution is 2.27. The molecule has 0 bridgehead atoms. The number of nitrogens with one attached hydrogen (secondary N) is 1. The number of nitrogen functional groups attached to an aromatic ring is 1.